The number of aromatic nitrogens is 1. The van der Waals surface area contributed by atoms with Crippen LogP contribution >= 0.6 is 22.6 Å². The van der Waals surface area contributed by atoms with Crippen molar-refractivity contribution in [1.29, 1.82) is 0 Å². The molecule has 0 unspecified atom stereocenters. The van der Waals surface area contributed by atoms with Crippen LogP contribution in [0.5, 0.6) is 0 Å². The second kappa shape index (κ2) is 6.56. The first-order chi connectivity index (χ1) is 11.5. The maximum absolute atomic E-state index is 13.1. The summed E-state index contributed by atoms with van der Waals surface area (Å²) in [4.78, 5) is 12.4. The minimum absolute atomic E-state index is 0.000168. The number of halogens is 1. The van der Waals surface area contributed by atoms with Gasteiger partial charge in [0.25, 0.3) is 10.0 Å². The predicted octanol–water partition coefficient (Wildman–Crippen LogP) is 3.66. The highest BCUT2D eigenvalue weighted by Crippen LogP contribution is 2.29. The Kier molecular flexibility index (Phi) is 4.64. The van der Waals surface area contributed by atoms with Crippen LogP contribution in [0.3, 0.4) is 0 Å². The molecule has 5 nitrogen and oxygen atoms in total. The molecule has 0 saturated carbocycles. The highest BCUT2D eigenvalue weighted by Gasteiger charge is 2.27. The Balaban J connectivity index is 2.35. The lowest BCUT2D eigenvalue weighted by atomic mass is 10.2. The van der Waals surface area contributed by atoms with Crippen molar-refractivity contribution in [2.24, 2.45) is 0 Å². The van der Waals surface area contributed by atoms with Crippen molar-refractivity contribution >= 4 is 49.5 Å². The molecule has 0 bridgehead atoms. The quantitative estimate of drug-likeness (QED) is 0.445. The third kappa shape index (κ3) is 2.82. The summed E-state index contributed by atoms with van der Waals surface area (Å²) in [5, 5.41) is 0.695. The standard InChI is InChI=1S/C17H14INO4S/c1-2-23-17(20)16-11-13-14(18)9-6-10-15(13)19(16)24(21,22)12-7-4-3-5-8-12/h3-11H,2H2,1H3. The fraction of sp³-hybridized carbons (Fsp3) is 0.118. The van der Waals surface area contributed by atoms with E-state index in [1.54, 1.807) is 43.3 Å². The fourth-order valence-electron chi connectivity index (χ4n) is 2.47. The zero-order valence-electron chi connectivity index (χ0n) is 12.8. The summed E-state index contributed by atoms with van der Waals surface area (Å²) in [6.07, 6.45) is 0. The van der Waals surface area contributed by atoms with E-state index in [9.17, 15) is 13.2 Å². The Bertz CT molecular complexity index is 1010. The van der Waals surface area contributed by atoms with E-state index in [0.717, 1.165) is 7.54 Å². The Hall–Kier alpha value is -1.87. The van der Waals surface area contributed by atoms with Gasteiger partial charge >= 0.3 is 5.97 Å². The number of carbonyl (C=O) groups excluding carboxylic acids is 1. The monoisotopic (exact) mass is 455 g/mol. The van der Waals surface area contributed by atoms with E-state index < -0.39 is 16.0 Å². The number of ether oxygens (including phenoxy) is 1. The van der Waals surface area contributed by atoms with Crippen molar-refractivity contribution in [3.63, 3.8) is 0 Å². The minimum atomic E-state index is -3.92. The molecule has 1 heterocycles. The van der Waals surface area contributed by atoms with Gasteiger partial charge in [-0.3, -0.25) is 0 Å². The molecule has 0 radical (unpaired) electrons. The predicted molar refractivity (Wildman–Crippen MR) is 99.6 cm³/mol. The summed E-state index contributed by atoms with van der Waals surface area (Å²) in [6.45, 7) is 1.85. The molecule has 2 aromatic carbocycles. The molecule has 124 valence electrons. The Morgan fingerprint density at radius 3 is 2.50 bits per heavy atom. The van der Waals surface area contributed by atoms with Crippen LogP contribution in [-0.2, 0) is 14.8 Å². The van der Waals surface area contributed by atoms with Crippen LogP contribution in [0.15, 0.2) is 59.5 Å². The van der Waals surface area contributed by atoms with Gasteiger partial charge in [-0.05, 0) is 59.8 Å². The summed E-state index contributed by atoms with van der Waals surface area (Å²) in [5.74, 6) is -0.663. The number of hydrogen-bond donors (Lipinski definition) is 0. The van der Waals surface area contributed by atoms with Crippen LogP contribution in [0, 0.1) is 3.57 Å². The summed E-state index contributed by atoms with van der Waals surface area (Å²) in [5.41, 5.74) is 0.452. The molecule has 24 heavy (non-hydrogen) atoms. The molecule has 1 aromatic heterocycles. The fourth-order valence-corrected chi connectivity index (χ4v) is 4.63. The summed E-state index contributed by atoms with van der Waals surface area (Å²) in [6, 6.07) is 14.9. The van der Waals surface area contributed by atoms with Crippen molar-refractivity contribution in [2.75, 3.05) is 6.61 Å². The first-order valence-corrected chi connectivity index (χ1v) is 9.76. The average Bonchev–Trinajstić information content (AvgIpc) is 2.98. The van der Waals surface area contributed by atoms with E-state index >= 15 is 0 Å². The molecular weight excluding hydrogens is 441 g/mol. The lowest BCUT2D eigenvalue weighted by molar-refractivity contribution is 0.0518. The molecular formula is C17H14INO4S. The SMILES string of the molecule is CCOC(=O)c1cc2c(I)cccc2n1S(=O)(=O)c1ccccc1. The topological polar surface area (TPSA) is 65.4 Å². The van der Waals surface area contributed by atoms with Gasteiger partial charge in [-0.25, -0.2) is 17.2 Å². The van der Waals surface area contributed by atoms with Crippen LogP contribution in [-0.4, -0.2) is 25.0 Å². The maximum Gasteiger partial charge on any atom is 0.356 e. The molecule has 3 aromatic rings. The molecule has 0 aliphatic rings. The molecule has 0 fully saturated rings. The Morgan fingerprint density at radius 2 is 1.83 bits per heavy atom. The number of carbonyl (C=O) groups is 1. The van der Waals surface area contributed by atoms with Gasteiger partial charge in [0.15, 0.2) is 0 Å². The smallest absolute Gasteiger partial charge is 0.356 e. The summed E-state index contributed by atoms with van der Waals surface area (Å²) < 4.78 is 33.2. The summed E-state index contributed by atoms with van der Waals surface area (Å²) in [7, 11) is -3.92. The van der Waals surface area contributed by atoms with Crippen LogP contribution in [0.2, 0.25) is 0 Å². The molecule has 3 rings (SSSR count). The van der Waals surface area contributed by atoms with Gasteiger partial charge in [-0.2, -0.15) is 0 Å². The largest absolute Gasteiger partial charge is 0.461 e. The first-order valence-electron chi connectivity index (χ1n) is 7.24. The maximum atomic E-state index is 13.1. The Labute approximate surface area is 153 Å². The average molecular weight is 455 g/mol. The summed E-state index contributed by atoms with van der Waals surface area (Å²) >= 11 is 2.12. The van der Waals surface area contributed by atoms with Gasteiger partial charge in [0, 0.05) is 8.96 Å². The third-order valence-electron chi connectivity index (χ3n) is 3.51. The lowest BCUT2D eigenvalue weighted by Gasteiger charge is -2.11. The van der Waals surface area contributed by atoms with Crippen LogP contribution < -0.4 is 0 Å². The molecule has 0 spiro atoms. The van der Waals surface area contributed by atoms with E-state index in [-0.39, 0.29) is 17.2 Å². The van der Waals surface area contributed by atoms with E-state index in [0.29, 0.717) is 10.9 Å². The van der Waals surface area contributed by atoms with Crippen molar-refractivity contribution < 1.29 is 17.9 Å². The Morgan fingerprint density at radius 1 is 1.12 bits per heavy atom. The van der Waals surface area contributed by atoms with Crippen molar-refractivity contribution in [3.8, 4) is 0 Å². The third-order valence-corrected chi connectivity index (χ3v) is 6.20. The van der Waals surface area contributed by atoms with Crippen LogP contribution in [0.1, 0.15) is 17.4 Å². The molecule has 0 amide bonds. The van der Waals surface area contributed by atoms with Gasteiger partial charge in [-0.15, -0.1) is 0 Å². The van der Waals surface area contributed by atoms with Gasteiger partial charge in [-0.1, -0.05) is 24.3 Å². The number of rotatable bonds is 4. The molecule has 0 N–H and O–H groups in total. The van der Waals surface area contributed by atoms with E-state index in [1.165, 1.54) is 12.1 Å². The molecule has 0 aliphatic carbocycles. The number of hydrogen-bond acceptors (Lipinski definition) is 4. The molecule has 0 aliphatic heterocycles. The van der Waals surface area contributed by atoms with E-state index in [4.69, 9.17) is 4.74 Å². The zero-order valence-corrected chi connectivity index (χ0v) is 15.7. The van der Waals surface area contributed by atoms with Gasteiger partial charge in [0.1, 0.15) is 5.69 Å². The number of nitrogens with zero attached hydrogens (tertiary/aromatic N) is 1. The van der Waals surface area contributed by atoms with Crippen molar-refractivity contribution in [3.05, 3.63) is 63.9 Å². The second-order valence-electron chi connectivity index (χ2n) is 5.01. The van der Waals surface area contributed by atoms with Gasteiger partial charge in [0.2, 0.25) is 0 Å². The number of fused-ring (bicyclic) bond motifs is 1. The molecule has 0 atom stereocenters. The van der Waals surface area contributed by atoms with Crippen LogP contribution in [0.25, 0.3) is 10.9 Å². The highest BCUT2D eigenvalue weighted by molar-refractivity contribution is 14.1. The highest BCUT2D eigenvalue weighted by atomic mass is 127. The zero-order chi connectivity index (χ0) is 17.3. The second-order valence-corrected chi connectivity index (χ2v) is 7.95. The normalized spacial score (nSPS) is 11.6. The molecule has 0 saturated heterocycles. The number of benzene rings is 2. The van der Waals surface area contributed by atoms with E-state index in [2.05, 4.69) is 22.6 Å². The number of esters is 1. The molecule has 7 heteroatoms. The van der Waals surface area contributed by atoms with E-state index in [1.807, 2.05) is 6.07 Å². The van der Waals surface area contributed by atoms with Gasteiger partial charge in [0.05, 0.1) is 17.0 Å². The first kappa shape index (κ1) is 17.0. The van der Waals surface area contributed by atoms with Crippen molar-refractivity contribution in [1.82, 2.24) is 3.97 Å². The minimum Gasteiger partial charge on any atom is -0.461 e. The van der Waals surface area contributed by atoms with Crippen LogP contribution in [0.4, 0.5) is 0 Å². The van der Waals surface area contributed by atoms with Gasteiger partial charge < -0.3 is 4.74 Å². The van der Waals surface area contributed by atoms with Crippen molar-refractivity contribution in [2.45, 2.75) is 11.8 Å². The lowest BCUT2D eigenvalue weighted by Crippen LogP contribution is -2.19.